The smallest absolute Gasteiger partial charge is 0.343 e. The molecule has 3 heterocycles. The highest BCUT2D eigenvalue weighted by Crippen LogP contribution is 2.40. The summed E-state index contributed by atoms with van der Waals surface area (Å²) in [4.78, 5) is 11.8. The van der Waals surface area contributed by atoms with Crippen LogP contribution in [0.2, 0.25) is 0 Å². The number of nitrogens with one attached hydrogen (secondary N) is 2. The van der Waals surface area contributed by atoms with Crippen LogP contribution < -0.4 is 15.4 Å². The maximum Gasteiger partial charge on any atom is 0.343 e. The van der Waals surface area contributed by atoms with Crippen molar-refractivity contribution in [1.82, 2.24) is 10.5 Å². The normalized spacial score (nSPS) is 21.0. The van der Waals surface area contributed by atoms with Crippen LogP contribution in [0.25, 0.3) is 11.3 Å². The predicted molar refractivity (Wildman–Crippen MR) is 103 cm³/mol. The van der Waals surface area contributed by atoms with Gasteiger partial charge in [-0.3, -0.25) is 0 Å². The van der Waals surface area contributed by atoms with Crippen LogP contribution in [0, 0.1) is 5.41 Å². The molecule has 1 aromatic carbocycles. The minimum atomic E-state index is -1.09. The Bertz CT molecular complexity index is 827. The molecule has 1 atom stereocenters. The number of carbonyl (C=O) groups is 1. The Hall–Kier alpha value is -2.58. The van der Waals surface area contributed by atoms with E-state index in [1.165, 1.54) is 0 Å². The lowest BCUT2D eigenvalue weighted by Crippen LogP contribution is -2.37. The van der Waals surface area contributed by atoms with E-state index in [2.05, 4.69) is 15.8 Å². The van der Waals surface area contributed by atoms with Gasteiger partial charge < -0.3 is 29.7 Å². The van der Waals surface area contributed by atoms with E-state index in [1.807, 2.05) is 0 Å². The second-order valence-corrected chi connectivity index (χ2v) is 7.54. The molecule has 2 saturated heterocycles. The van der Waals surface area contributed by atoms with Crippen LogP contribution >= 0.6 is 0 Å². The Morgan fingerprint density at radius 3 is 2.79 bits per heavy atom. The zero-order valence-electron chi connectivity index (χ0n) is 15.9. The van der Waals surface area contributed by atoms with Crippen molar-refractivity contribution < 1.29 is 23.9 Å². The molecule has 1 aromatic heterocycles. The van der Waals surface area contributed by atoms with Gasteiger partial charge in [0.25, 0.3) is 0 Å². The second kappa shape index (κ2) is 7.81. The minimum absolute atomic E-state index is 0.0275. The van der Waals surface area contributed by atoms with Crippen molar-refractivity contribution in [3.8, 4) is 17.1 Å². The Labute approximate surface area is 163 Å². The summed E-state index contributed by atoms with van der Waals surface area (Å²) in [7, 11) is 1.58. The molecule has 8 nitrogen and oxygen atoms in total. The van der Waals surface area contributed by atoms with E-state index in [0.717, 1.165) is 39.0 Å². The highest BCUT2D eigenvalue weighted by atomic mass is 16.5. The maximum atomic E-state index is 11.8. The Morgan fingerprint density at radius 1 is 1.36 bits per heavy atom. The molecule has 2 fully saturated rings. The zero-order valence-corrected chi connectivity index (χ0v) is 15.9. The van der Waals surface area contributed by atoms with Gasteiger partial charge >= 0.3 is 5.97 Å². The highest BCUT2D eigenvalue weighted by Gasteiger charge is 2.40. The largest absolute Gasteiger partial charge is 0.497 e. The topological polar surface area (TPSA) is 106 Å². The molecule has 4 rings (SSSR count). The maximum absolute atomic E-state index is 11.8. The van der Waals surface area contributed by atoms with Crippen LogP contribution in [-0.2, 0) is 4.74 Å². The monoisotopic (exact) mass is 387 g/mol. The lowest BCUT2D eigenvalue weighted by atomic mass is 9.77. The van der Waals surface area contributed by atoms with E-state index >= 15 is 0 Å². The fourth-order valence-electron chi connectivity index (χ4n) is 4.09. The van der Waals surface area contributed by atoms with Gasteiger partial charge in [0.2, 0.25) is 0 Å². The van der Waals surface area contributed by atoms with Gasteiger partial charge in [0.1, 0.15) is 5.75 Å². The average Bonchev–Trinajstić information content (AvgIpc) is 3.31. The number of hydrogen-bond donors (Lipinski definition) is 3. The van der Waals surface area contributed by atoms with Crippen LogP contribution in [0.1, 0.15) is 29.6 Å². The summed E-state index contributed by atoms with van der Waals surface area (Å²) in [6.07, 6.45) is 3.26. The number of aromatic carboxylic acids is 1. The summed E-state index contributed by atoms with van der Waals surface area (Å²) in [6.45, 7) is 3.33. The number of carboxylic acid groups (broad SMARTS) is 1. The molecule has 1 spiro atoms. The fraction of sp³-hybridized carbons (Fsp3) is 0.500. The number of nitrogens with zero attached hydrogens (tertiary/aromatic N) is 1. The minimum Gasteiger partial charge on any atom is -0.497 e. The molecule has 0 saturated carbocycles. The van der Waals surface area contributed by atoms with Gasteiger partial charge in [-0.25, -0.2) is 4.79 Å². The predicted octanol–water partition coefficient (Wildman–Crippen LogP) is 2.62. The number of ether oxygens (including phenoxy) is 2. The summed E-state index contributed by atoms with van der Waals surface area (Å²) in [6, 6.07) is 7.00. The van der Waals surface area contributed by atoms with Gasteiger partial charge in [-0.15, -0.1) is 0 Å². The number of carboxylic acids is 1. The molecular weight excluding hydrogens is 362 g/mol. The SMILES string of the molecule is COc1ccc(-c2onc(NCC3CC4(CCNCC4)CO3)c2C(=O)O)cc1. The number of piperidine rings is 1. The number of rotatable bonds is 6. The Kier molecular flexibility index (Phi) is 5.23. The molecule has 0 radical (unpaired) electrons. The van der Waals surface area contributed by atoms with Crippen molar-refractivity contribution in [2.45, 2.75) is 25.4 Å². The molecule has 0 aliphatic carbocycles. The van der Waals surface area contributed by atoms with E-state index in [4.69, 9.17) is 14.0 Å². The molecule has 28 heavy (non-hydrogen) atoms. The van der Waals surface area contributed by atoms with Crippen LogP contribution in [0.15, 0.2) is 28.8 Å². The van der Waals surface area contributed by atoms with Gasteiger partial charge in [0.05, 0.1) is 19.8 Å². The van der Waals surface area contributed by atoms with Crippen LogP contribution in [-0.4, -0.2) is 55.7 Å². The zero-order chi connectivity index (χ0) is 19.6. The summed E-state index contributed by atoms with van der Waals surface area (Å²) in [5, 5.41) is 20.2. The van der Waals surface area contributed by atoms with E-state index in [9.17, 15) is 9.90 Å². The second-order valence-electron chi connectivity index (χ2n) is 7.54. The first-order valence-corrected chi connectivity index (χ1v) is 9.54. The number of aromatic nitrogens is 1. The van der Waals surface area contributed by atoms with Crippen molar-refractivity contribution in [2.75, 3.05) is 38.7 Å². The van der Waals surface area contributed by atoms with Crippen molar-refractivity contribution in [1.29, 1.82) is 0 Å². The lowest BCUT2D eigenvalue weighted by molar-refractivity contribution is 0.0697. The first kappa shape index (κ1) is 18.8. The fourth-order valence-corrected chi connectivity index (χ4v) is 4.09. The molecule has 2 aliphatic rings. The molecule has 0 bridgehead atoms. The third-order valence-corrected chi connectivity index (χ3v) is 5.71. The van der Waals surface area contributed by atoms with Crippen LogP contribution in [0.5, 0.6) is 5.75 Å². The number of hydrogen-bond acceptors (Lipinski definition) is 7. The standard InChI is InChI=1S/C20H25N3O5/c1-26-14-4-2-13(3-5-14)17-16(19(24)25)18(23-28-17)22-11-15-10-20(12-27-15)6-8-21-9-7-20/h2-5,15,21H,6-12H2,1H3,(H,22,23)(H,24,25). The van der Waals surface area contributed by atoms with Crippen molar-refractivity contribution >= 4 is 11.8 Å². The van der Waals surface area contributed by atoms with E-state index in [1.54, 1.807) is 31.4 Å². The van der Waals surface area contributed by atoms with Gasteiger partial charge in [0.15, 0.2) is 17.1 Å². The Balaban J connectivity index is 1.46. The third-order valence-electron chi connectivity index (χ3n) is 5.71. The van der Waals surface area contributed by atoms with Crippen LogP contribution in [0.3, 0.4) is 0 Å². The highest BCUT2D eigenvalue weighted by molar-refractivity contribution is 5.99. The average molecular weight is 387 g/mol. The third kappa shape index (κ3) is 3.70. The molecule has 150 valence electrons. The van der Waals surface area contributed by atoms with Gasteiger partial charge in [-0.2, -0.15) is 0 Å². The summed E-state index contributed by atoms with van der Waals surface area (Å²) in [5.41, 5.74) is 0.912. The molecule has 0 amide bonds. The first-order chi connectivity index (χ1) is 13.6. The van der Waals surface area contributed by atoms with Gasteiger partial charge in [-0.1, -0.05) is 5.16 Å². The Morgan fingerprint density at radius 2 is 2.11 bits per heavy atom. The molecular formula is C20H25N3O5. The van der Waals surface area contributed by atoms with E-state index < -0.39 is 5.97 Å². The van der Waals surface area contributed by atoms with E-state index in [-0.39, 0.29) is 28.7 Å². The summed E-state index contributed by atoms with van der Waals surface area (Å²) >= 11 is 0. The summed E-state index contributed by atoms with van der Waals surface area (Å²) < 4.78 is 16.5. The quantitative estimate of drug-likeness (QED) is 0.695. The van der Waals surface area contributed by atoms with Crippen molar-refractivity contribution in [3.63, 3.8) is 0 Å². The van der Waals surface area contributed by atoms with Gasteiger partial charge in [-0.05, 0) is 62.0 Å². The molecule has 8 heteroatoms. The number of anilines is 1. The molecule has 2 aromatic rings. The molecule has 1 unspecified atom stereocenters. The van der Waals surface area contributed by atoms with Crippen molar-refractivity contribution in [2.24, 2.45) is 5.41 Å². The number of methoxy groups -OCH3 is 1. The van der Waals surface area contributed by atoms with Crippen LogP contribution in [0.4, 0.5) is 5.82 Å². The van der Waals surface area contributed by atoms with Crippen molar-refractivity contribution in [3.05, 3.63) is 29.8 Å². The van der Waals surface area contributed by atoms with E-state index in [0.29, 0.717) is 17.9 Å². The molecule has 2 aliphatic heterocycles. The van der Waals surface area contributed by atoms with Gasteiger partial charge in [0, 0.05) is 12.1 Å². The molecule has 3 N–H and O–H groups in total. The lowest BCUT2D eigenvalue weighted by Gasteiger charge is -2.32. The first-order valence-electron chi connectivity index (χ1n) is 9.54. The summed E-state index contributed by atoms with van der Waals surface area (Å²) in [5.74, 6) is 0.0495. The number of benzene rings is 1.